The van der Waals surface area contributed by atoms with Gasteiger partial charge in [0.25, 0.3) is 0 Å². The first-order chi connectivity index (χ1) is 11.8. The van der Waals surface area contributed by atoms with Gasteiger partial charge < -0.3 is 9.64 Å². The van der Waals surface area contributed by atoms with Crippen molar-refractivity contribution in [1.82, 2.24) is 4.31 Å². The zero-order chi connectivity index (χ0) is 17.8. The van der Waals surface area contributed by atoms with E-state index in [0.29, 0.717) is 11.5 Å². The third-order valence-corrected chi connectivity index (χ3v) is 6.15. The average Bonchev–Trinajstić information content (AvgIpc) is 3.00. The third kappa shape index (κ3) is 2.24. The quantitative estimate of drug-likeness (QED) is 0.848. The van der Waals surface area contributed by atoms with E-state index in [9.17, 15) is 8.42 Å². The van der Waals surface area contributed by atoms with Crippen LogP contribution in [0.1, 0.15) is 12.5 Å². The van der Waals surface area contributed by atoms with Crippen molar-refractivity contribution in [2.75, 3.05) is 18.2 Å². The summed E-state index contributed by atoms with van der Waals surface area (Å²) in [5.41, 5.74) is 1.51. The van der Waals surface area contributed by atoms with Gasteiger partial charge in [-0.1, -0.05) is 36.4 Å². The largest absolute Gasteiger partial charge is 0.459 e. The Bertz CT molecular complexity index is 956. The molecule has 2 aromatic rings. The van der Waals surface area contributed by atoms with E-state index in [1.807, 2.05) is 73.5 Å². The van der Waals surface area contributed by atoms with Crippen molar-refractivity contribution in [3.05, 3.63) is 72.1 Å². The van der Waals surface area contributed by atoms with Crippen molar-refractivity contribution in [1.29, 1.82) is 0 Å². The summed E-state index contributed by atoms with van der Waals surface area (Å²) < 4.78 is 32.4. The Balaban J connectivity index is 1.88. The normalized spacial score (nSPS) is 24.8. The summed E-state index contributed by atoms with van der Waals surface area (Å²) in [5.74, 6) is 1.32. The molecule has 0 N–H and O–H groups in total. The molecule has 2 aliphatic heterocycles. The number of rotatable bonds is 3. The average molecular weight is 356 g/mol. The highest BCUT2D eigenvalue weighted by Crippen LogP contribution is 2.54. The topological polar surface area (TPSA) is 49.9 Å². The minimum absolute atomic E-state index is 0.376. The van der Waals surface area contributed by atoms with E-state index >= 15 is 0 Å². The lowest BCUT2D eigenvalue weighted by Gasteiger charge is -2.34. The lowest BCUT2D eigenvalue weighted by atomic mass is 9.82. The first-order valence-electron chi connectivity index (χ1n) is 8.09. The Hall–Kier alpha value is -2.47. The number of ether oxygens (including phenoxy) is 1. The molecule has 130 valence electrons. The number of benzene rings is 2. The Labute approximate surface area is 148 Å². The van der Waals surface area contributed by atoms with Gasteiger partial charge in [-0.2, -0.15) is 0 Å². The number of para-hydroxylation sites is 2. The van der Waals surface area contributed by atoms with Gasteiger partial charge >= 0.3 is 0 Å². The Morgan fingerprint density at radius 2 is 1.68 bits per heavy atom. The molecule has 2 aliphatic rings. The van der Waals surface area contributed by atoms with Gasteiger partial charge in [0.2, 0.25) is 10.0 Å². The summed E-state index contributed by atoms with van der Waals surface area (Å²) in [6, 6.07) is 17.4. The number of hydrogen-bond acceptors (Lipinski definition) is 4. The van der Waals surface area contributed by atoms with Crippen LogP contribution in [0.2, 0.25) is 0 Å². The lowest BCUT2D eigenvalue weighted by molar-refractivity contribution is 0.287. The molecule has 0 unspecified atom stereocenters. The predicted molar refractivity (Wildman–Crippen MR) is 97.8 cm³/mol. The maximum absolute atomic E-state index is 12.4. The summed E-state index contributed by atoms with van der Waals surface area (Å²) in [6.07, 6.45) is 2.48. The molecule has 0 aliphatic carbocycles. The molecule has 0 amide bonds. The predicted octanol–water partition coefficient (Wildman–Crippen LogP) is 2.92. The van der Waals surface area contributed by atoms with Crippen LogP contribution in [-0.4, -0.2) is 32.2 Å². The fourth-order valence-corrected chi connectivity index (χ4v) is 4.91. The SMILES string of the molecule is CN1c2ccccc2[C@]2(C)C(Oc3ccccc3)=CN(S(C)(=O)=O)[C@@H]12. The Kier molecular flexibility index (Phi) is 3.37. The van der Waals surface area contributed by atoms with Crippen LogP contribution in [0.25, 0.3) is 0 Å². The minimum Gasteiger partial charge on any atom is -0.459 e. The third-order valence-electron chi connectivity index (χ3n) is 5.08. The van der Waals surface area contributed by atoms with Crippen molar-refractivity contribution in [2.45, 2.75) is 18.5 Å². The van der Waals surface area contributed by atoms with E-state index in [1.54, 1.807) is 6.20 Å². The molecule has 25 heavy (non-hydrogen) atoms. The van der Waals surface area contributed by atoms with Crippen LogP contribution in [0.3, 0.4) is 0 Å². The van der Waals surface area contributed by atoms with Crippen LogP contribution in [0.4, 0.5) is 5.69 Å². The standard InChI is InChI=1S/C19H20N2O3S/c1-19-15-11-7-8-12-16(15)20(2)18(19)21(25(3,22)23)13-17(19)24-14-9-5-4-6-10-14/h4-13,18H,1-3H3/t18-,19-/m1/s1. The van der Waals surface area contributed by atoms with Gasteiger partial charge in [0, 0.05) is 12.7 Å². The van der Waals surface area contributed by atoms with Crippen molar-refractivity contribution in [3.63, 3.8) is 0 Å². The summed E-state index contributed by atoms with van der Waals surface area (Å²) in [5, 5.41) is 0. The van der Waals surface area contributed by atoms with Gasteiger partial charge in [-0.15, -0.1) is 0 Å². The second-order valence-electron chi connectivity index (χ2n) is 6.71. The maximum Gasteiger partial charge on any atom is 0.233 e. The van der Waals surface area contributed by atoms with E-state index in [1.165, 1.54) is 10.6 Å². The molecule has 0 saturated heterocycles. The van der Waals surface area contributed by atoms with E-state index < -0.39 is 15.4 Å². The second-order valence-corrected chi connectivity index (χ2v) is 8.59. The van der Waals surface area contributed by atoms with Crippen LogP contribution in [0.5, 0.6) is 5.75 Å². The van der Waals surface area contributed by atoms with Gasteiger partial charge in [-0.3, -0.25) is 4.31 Å². The molecule has 2 atom stereocenters. The maximum atomic E-state index is 12.4. The molecular weight excluding hydrogens is 336 g/mol. The van der Waals surface area contributed by atoms with Crippen LogP contribution in [0.15, 0.2) is 66.6 Å². The zero-order valence-corrected chi connectivity index (χ0v) is 15.2. The van der Waals surface area contributed by atoms with Crippen LogP contribution < -0.4 is 9.64 Å². The molecule has 4 rings (SSSR count). The molecule has 6 heteroatoms. The van der Waals surface area contributed by atoms with E-state index in [2.05, 4.69) is 0 Å². The van der Waals surface area contributed by atoms with E-state index in [-0.39, 0.29) is 6.17 Å². The highest BCUT2D eigenvalue weighted by Gasteiger charge is 2.58. The van der Waals surface area contributed by atoms with E-state index in [4.69, 9.17) is 4.74 Å². The molecule has 0 bridgehead atoms. The Morgan fingerprint density at radius 3 is 2.36 bits per heavy atom. The molecule has 5 nitrogen and oxygen atoms in total. The molecule has 0 fully saturated rings. The fourth-order valence-electron chi connectivity index (χ4n) is 3.91. The number of likely N-dealkylation sites (N-methyl/N-ethyl adjacent to an activating group) is 1. The summed E-state index contributed by atoms with van der Waals surface area (Å²) in [4.78, 5) is 2.01. The lowest BCUT2D eigenvalue weighted by Crippen LogP contribution is -2.50. The summed E-state index contributed by atoms with van der Waals surface area (Å²) in [7, 11) is -1.51. The molecule has 0 radical (unpaired) electrons. The van der Waals surface area contributed by atoms with Crippen molar-refractivity contribution in [3.8, 4) is 5.75 Å². The molecule has 0 saturated carbocycles. The molecule has 2 heterocycles. The Morgan fingerprint density at radius 1 is 1.04 bits per heavy atom. The number of nitrogens with zero attached hydrogens (tertiary/aromatic N) is 2. The van der Waals surface area contributed by atoms with Gasteiger partial charge in [0.15, 0.2) is 0 Å². The van der Waals surface area contributed by atoms with Crippen LogP contribution in [0, 0.1) is 0 Å². The second kappa shape index (κ2) is 5.26. The van der Waals surface area contributed by atoms with E-state index in [0.717, 1.165) is 11.3 Å². The monoisotopic (exact) mass is 356 g/mol. The van der Waals surface area contributed by atoms with Gasteiger partial charge in [0.1, 0.15) is 17.7 Å². The number of hydrogen-bond donors (Lipinski definition) is 0. The highest BCUT2D eigenvalue weighted by molar-refractivity contribution is 7.88. The molecular formula is C19H20N2O3S. The first kappa shape index (κ1) is 16.0. The minimum atomic E-state index is -3.44. The van der Waals surface area contributed by atoms with Gasteiger partial charge in [-0.05, 0) is 30.7 Å². The molecule has 0 aromatic heterocycles. The summed E-state index contributed by atoms with van der Waals surface area (Å²) in [6.45, 7) is 2.04. The number of anilines is 1. The van der Waals surface area contributed by atoms with Crippen LogP contribution in [-0.2, 0) is 15.4 Å². The van der Waals surface area contributed by atoms with Gasteiger partial charge in [0.05, 0.1) is 17.9 Å². The van der Waals surface area contributed by atoms with Crippen molar-refractivity contribution in [2.24, 2.45) is 0 Å². The van der Waals surface area contributed by atoms with Crippen molar-refractivity contribution >= 4 is 15.7 Å². The summed E-state index contributed by atoms with van der Waals surface area (Å²) >= 11 is 0. The van der Waals surface area contributed by atoms with Crippen molar-refractivity contribution < 1.29 is 13.2 Å². The first-order valence-corrected chi connectivity index (χ1v) is 9.94. The highest BCUT2D eigenvalue weighted by atomic mass is 32.2. The molecule has 0 spiro atoms. The number of fused-ring (bicyclic) bond motifs is 3. The van der Waals surface area contributed by atoms with Gasteiger partial charge in [-0.25, -0.2) is 8.42 Å². The van der Waals surface area contributed by atoms with Crippen LogP contribution >= 0.6 is 0 Å². The molecule has 2 aromatic carbocycles. The smallest absolute Gasteiger partial charge is 0.233 e. The number of sulfonamides is 1. The zero-order valence-electron chi connectivity index (χ0n) is 14.4. The fraction of sp³-hybridized carbons (Fsp3) is 0.263.